The quantitative estimate of drug-likeness (QED) is 0.812. The highest BCUT2D eigenvalue weighted by Gasteiger charge is 2.39. The van der Waals surface area contributed by atoms with E-state index in [9.17, 15) is 0 Å². The number of nitrogens with one attached hydrogen (secondary N) is 1. The summed E-state index contributed by atoms with van der Waals surface area (Å²) in [5.74, 6) is 1.85. The molecular weight excluding hydrogens is 264 g/mol. The van der Waals surface area contributed by atoms with E-state index in [4.69, 9.17) is 5.73 Å². The lowest BCUT2D eigenvalue weighted by Gasteiger charge is -2.24. The molecule has 2 aliphatic carbocycles. The fourth-order valence-corrected chi connectivity index (χ4v) is 3.64. The minimum atomic E-state index is 0.648. The second-order valence-electron chi connectivity index (χ2n) is 5.16. The summed E-state index contributed by atoms with van der Waals surface area (Å²) in [5.41, 5.74) is 7.92. The second kappa shape index (κ2) is 3.95. The van der Waals surface area contributed by atoms with E-state index < -0.39 is 0 Å². The van der Waals surface area contributed by atoms with Gasteiger partial charge in [0.05, 0.1) is 11.4 Å². The van der Waals surface area contributed by atoms with Crippen molar-refractivity contribution in [2.75, 3.05) is 11.1 Å². The van der Waals surface area contributed by atoms with Crippen LogP contribution in [-0.4, -0.2) is 6.04 Å². The van der Waals surface area contributed by atoms with Gasteiger partial charge in [0, 0.05) is 10.5 Å². The van der Waals surface area contributed by atoms with Crippen LogP contribution >= 0.6 is 15.9 Å². The number of hydrogen-bond donors (Lipinski definition) is 2. The van der Waals surface area contributed by atoms with Gasteiger partial charge in [-0.3, -0.25) is 0 Å². The molecule has 3 heteroatoms. The molecule has 0 spiro atoms. The van der Waals surface area contributed by atoms with Gasteiger partial charge in [0.2, 0.25) is 0 Å². The van der Waals surface area contributed by atoms with E-state index in [0.717, 1.165) is 27.7 Å². The summed E-state index contributed by atoms with van der Waals surface area (Å²) in [5, 5.41) is 3.63. The number of nitrogens with two attached hydrogens (primary N) is 1. The molecule has 16 heavy (non-hydrogen) atoms. The Morgan fingerprint density at radius 2 is 2.12 bits per heavy atom. The zero-order valence-electron chi connectivity index (χ0n) is 9.25. The summed E-state index contributed by atoms with van der Waals surface area (Å²) in [4.78, 5) is 0. The maximum absolute atomic E-state index is 5.98. The smallest absolute Gasteiger partial charge is 0.0587 e. The van der Waals surface area contributed by atoms with Crippen molar-refractivity contribution in [2.24, 2.45) is 11.8 Å². The molecule has 0 radical (unpaired) electrons. The van der Waals surface area contributed by atoms with Crippen molar-refractivity contribution >= 4 is 27.3 Å². The van der Waals surface area contributed by atoms with Crippen LogP contribution in [0.4, 0.5) is 11.4 Å². The predicted octanol–water partition coefficient (Wildman–Crippen LogP) is 3.63. The first kappa shape index (κ1) is 10.5. The molecule has 1 aromatic rings. The minimum Gasteiger partial charge on any atom is -0.397 e. The first-order chi connectivity index (χ1) is 7.72. The molecule has 1 aromatic carbocycles. The lowest BCUT2D eigenvalue weighted by Crippen LogP contribution is -2.26. The van der Waals surface area contributed by atoms with Crippen molar-refractivity contribution < 1.29 is 0 Å². The molecule has 2 fully saturated rings. The van der Waals surface area contributed by atoms with Crippen molar-refractivity contribution in [3.63, 3.8) is 0 Å². The molecule has 3 unspecified atom stereocenters. The Labute approximate surface area is 105 Å². The monoisotopic (exact) mass is 280 g/mol. The maximum Gasteiger partial charge on any atom is 0.0587 e. The van der Waals surface area contributed by atoms with Gasteiger partial charge in [0.1, 0.15) is 0 Å². The Bertz CT molecular complexity index is 405. The van der Waals surface area contributed by atoms with Crippen LogP contribution in [0.5, 0.6) is 0 Å². The van der Waals surface area contributed by atoms with E-state index in [2.05, 4.69) is 27.3 Å². The molecule has 0 heterocycles. The fraction of sp³-hybridized carbons (Fsp3) is 0.538. The van der Waals surface area contributed by atoms with Crippen LogP contribution in [0.25, 0.3) is 0 Å². The van der Waals surface area contributed by atoms with Crippen molar-refractivity contribution in [1.29, 1.82) is 0 Å². The largest absolute Gasteiger partial charge is 0.397 e. The summed E-state index contributed by atoms with van der Waals surface area (Å²) in [6.45, 7) is 0. The molecule has 2 bridgehead atoms. The average molecular weight is 281 g/mol. The van der Waals surface area contributed by atoms with E-state index in [1.165, 1.54) is 25.7 Å². The van der Waals surface area contributed by atoms with Crippen LogP contribution in [0.3, 0.4) is 0 Å². The van der Waals surface area contributed by atoms with E-state index in [0.29, 0.717) is 6.04 Å². The van der Waals surface area contributed by atoms with Gasteiger partial charge in [0.25, 0.3) is 0 Å². The third-order valence-electron chi connectivity index (χ3n) is 4.09. The van der Waals surface area contributed by atoms with Crippen molar-refractivity contribution in [1.82, 2.24) is 0 Å². The molecule has 0 saturated heterocycles. The second-order valence-corrected chi connectivity index (χ2v) is 6.07. The number of halogens is 1. The molecule has 3 N–H and O–H groups in total. The third kappa shape index (κ3) is 1.81. The highest BCUT2D eigenvalue weighted by atomic mass is 79.9. The SMILES string of the molecule is Nc1ccc(Br)cc1NC1CC2CCC1C2. The molecule has 2 aliphatic rings. The normalized spacial score (nSPS) is 31.9. The van der Waals surface area contributed by atoms with E-state index in [1.807, 2.05) is 12.1 Å². The number of rotatable bonds is 2. The van der Waals surface area contributed by atoms with E-state index in [-0.39, 0.29) is 0 Å². The molecule has 0 aliphatic heterocycles. The lowest BCUT2D eigenvalue weighted by molar-refractivity contribution is 0.440. The first-order valence-electron chi connectivity index (χ1n) is 6.04. The van der Waals surface area contributed by atoms with Crippen molar-refractivity contribution in [3.05, 3.63) is 22.7 Å². The van der Waals surface area contributed by atoms with Crippen LogP contribution < -0.4 is 11.1 Å². The van der Waals surface area contributed by atoms with Gasteiger partial charge in [-0.25, -0.2) is 0 Å². The van der Waals surface area contributed by atoms with Crippen LogP contribution in [0, 0.1) is 11.8 Å². The molecule has 3 rings (SSSR count). The molecule has 0 amide bonds. The standard InChI is InChI=1S/C13H17BrN2/c14-10-3-4-11(15)13(7-10)16-12-6-8-1-2-9(12)5-8/h3-4,7-9,12,16H,1-2,5-6,15H2. The predicted molar refractivity (Wildman–Crippen MR) is 71.4 cm³/mol. The number of fused-ring (bicyclic) bond motifs is 2. The Morgan fingerprint density at radius 3 is 2.81 bits per heavy atom. The zero-order valence-corrected chi connectivity index (χ0v) is 10.8. The molecule has 0 aromatic heterocycles. The fourth-order valence-electron chi connectivity index (χ4n) is 3.27. The Kier molecular flexibility index (Phi) is 2.58. The summed E-state index contributed by atoms with van der Waals surface area (Å²) >= 11 is 3.49. The zero-order chi connectivity index (χ0) is 11.1. The first-order valence-corrected chi connectivity index (χ1v) is 6.83. The number of anilines is 2. The third-order valence-corrected chi connectivity index (χ3v) is 4.59. The molecule has 2 saturated carbocycles. The van der Waals surface area contributed by atoms with Gasteiger partial charge in [0.15, 0.2) is 0 Å². The van der Waals surface area contributed by atoms with Gasteiger partial charge >= 0.3 is 0 Å². The maximum atomic E-state index is 5.98. The Balaban J connectivity index is 1.76. The Morgan fingerprint density at radius 1 is 1.25 bits per heavy atom. The lowest BCUT2D eigenvalue weighted by atomic mass is 9.95. The summed E-state index contributed by atoms with van der Waals surface area (Å²) < 4.78 is 1.09. The van der Waals surface area contributed by atoms with Gasteiger partial charge in [-0.1, -0.05) is 22.4 Å². The highest BCUT2D eigenvalue weighted by molar-refractivity contribution is 9.10. The van der Waals surface area contributed by atoms with Gasteiger partial charge in [-0.2, -0.15) is 0 Å². The van der Waals surface area contributed by atoms with Gasteiger partial charge in [-0.15, -0.1) is 0 Å². The number of nitrogen functional groups attached to an aromatic ring is 1. The summed E-state index contributed by atoms with van der Waals surface area (Å²) in [6, 6.07) is 6.68. The number of hydrogen-bond acceptors (Lipinski definition) is 2. The summed E-state index contributed by atoms with van der Waals surface area (Å²) in [7, 11) is 0. The van der Waals surface area contributed by atoms with Crippen LogP contribution in [0.15, 0.2) is 22.7 Å². The highest BCUT2D eigenvalue weighted by Crippen LogP contribution is 2.46. The van der Waals surface area contributed by atoms with Crippen LogP contribution in [-0.2, 0) is 0 Å². The topological polar surface area (TPSA) is 38.0 Å². The molecular formula is C13H17BrN2. The van der Waals surface area contributed by atoms with E-state index >= 15 is 0 Å². The van der Waals surface area contributed by atoms with Crippen LogP contribution in [0.1, 0.15) is 25.7 Å². The molecule has 3 atom stereocenters. The number of benzene rings is 1. The van der Waals surface area contributed by atoms with Crippen LogP contribution in [0.2, 0.25) is 0 Å². The van der Waals surface area contributed by atoms with Crippen molar-refractivity contribution in [3.8, 4) is 0 Å². The molecule has 2 nitrogen and oxygen atoms in total. The van der Waals surface area contributed by atoms with Crippen molar-refractivity contribution in [2.45, 2.75) is 31.7 Å². The summed E-state index contributed by atoms with van der Waals surface area (Å²) in [6.07, 6.45) is 5.59. The van der Waals surface area contributed by atoms with Gasteiger partial charge < -0.3 is 11.1 Å². The average Bonchev–Trinajstić information content (AvgIpc) is 2.85. The van der Waals surface area contributed by atoms with E-state index in [1.54, 1.807) is 0 Å². The molecule has 86 valence electrons. The van der Waals surface area contributed by atoms with Gasteiger partial charge in [-0.05, 0) is 49.3 Å². The minimum absolute atomic E-state index is 0.648. The Hall–Kier alpha value is -0.700.